The highest BCUT2D eigenvalue weighted by atomic mass is 16.6. The van der Waals surface area contributed by atoms with Crippen molar-refractivity contribution < 1.29 is 14.4 Å². The Bertz CT molecular complexity index is 1030. The molecule has 31 heavy (non-hydrogen) atoms. The highest BCUT2D eigenvalue weighted by molar-refractivity contribution is 6.11. The molecule has 0 radical (unpaired) electrons. The van der Waals surface area contributed by atoms with Crippen molar-refractivity contribution in [2.45, 2.75) is 20.0 Å². The van der Waals surface area contributed by atoms with Crippen LogP contribution in [-0.4, -0.2) is 43.6 Å². The molecule has 1 amide bonds. The van der Waals surface area contributed by atoms with Crippen molar-refractivity contribution >= 4 is 17.6 Å². The van der Waals surface area contributed by atoms with E-state index in [9.17, 15) is 4.79 Å². The van der Waals surface area contributed by atoms with Crippen molar-refractivity contribution in [2.24, 2.45) is 12.2 Å². The molecule has 0 aliphatic rings. The highest BCUT2D eigenvalue weighted by Crippen LogP contribution is 2.11. The van der Waals surface area contributed by atoms with E-state index in [1.54, 1.807) is 37.4 Å². The summed E-state index contributed by atoms with van der Waals surface area (Å²) in [4.78, 5) is 21.5. The number of pyridine rings is 1. The monoisotopic (exact) mass is 421 g/mol. The average molecular weight is 421 g/mol. The third-order valence-electron chi connectivity index (χ3n) is 3.71. The van der Waals surface area contributed by atoms with Gasteiger partial charge in [0, 0.05) is 19.0 Å². The zero-order valence-corrected chi connectivity index (χ0v) is 17.4. The first-order valence-electron chi connectivity index (χ1n) is 9.30. The number of allylic oxidation sites excluding steroid dienone is 5. The lowest BCUT2D eigenvalue weighted by atomic mass is 10.1. The third kappa shape index (κ3) is 7.25. The molecule has 0 aliphatic carbocycles. The van der Waals surface area contributed by atoms with Crippen molar-refractivity contribution in [1.29, 1.82) is 0 Å². The molecule has 10 nitrogen and oxygen atoms in total. The summed E-state index contributed by atoms with van der Waals surface area (Å²) in [5.74, 6) is 3.14. The van der Waals surface area contributed by atoms with Crippen molar-refractivity contribution in [3.8, 4) is 12.3 Å². The third-order valence-corrected chi connectivity index (χ3v) is 3.71. The molecule has 2 aromatic rings. The second-order valence-electron chi connectivity index (χ2n) is 5.91. The normalized spacial score (nSPS) is 11.8. The van der Waals surface area contributed by atoms with Crippen LogP contribution in [-0.2, 0) is 23.2 Å². The van der Waals surface area contributed by atoms with Crippen LogP contribution in [0.3, 0.4) is 0 Å². The Morgan fingerprint density at radius 1 is 1.45 bits per heavy atom. The number of carbonyl (C=O) groups excluding carboxylic acids is 1. The van der Waals surface area contributed by atoms with E-state index in [1.165, 1.54) is 4.68 Å². The number of terminal acetylenes is 1. The number of tetrazole rings is 1. The van der Waals surface area contributed by atoms with E-state index in [0.717, 1.165) is 5.57 Å². The summed E-state index contributed by atoms with van der Waals surface area (Å²) >= 11 is 0. The van der Waals surface area contributed by atoms with Crippen LogP contribution >= 0.6 is 0 Å². The van der Waals surface area contributed by atoms with Gasteiger partial charge in [0.2, 0.25) is 5.82 Å². The standard InChI is InChI=1S/C21H23N7O3/c1-5-8-11-16(7-3)19(20-24-26-27-28(20)4)25-31-15-17-12-10-13-18(22-17)23-21(29)30-14-9-6-2/h2,5,7-8,10-13H,1,9,14-15H2,3-4H3,(H,22,23,29)/b11-8-,16-7+,25-19-. The molecule has 10 heteroatoms. The maximum Gasteiger partial charge on any atom is 0.412 e. The molecule has 1 N–H and O–H groups in total. The smallest absolute Gasteiger partial charge is 0.412 e. The lowest BCUT2D eigenvalue weighted by Crippen LogP contribution is -2.15. The van der Waals surface area contributed by atoms with Crippen molar-refractivity contribution in [3.05, 3.63) is 66.2 Å². The molecular formula is C21H23N7O3. The number of rotatable bonds is 10. The number of carbonyl (C=O) groups is 1. The SMILES string of the molecule is C#CCCOC(=O)Nc1cccc(CO/N=C(C(/C=C\C=C)=C/C)\c2nnnn2C)n1. The number of ether oxygens (including phenoxy) is 1. The number of hydrogen-bond acceptors (Lipinski definition) is 8. The van der Waals surface area contributed by atoms with Gasteiger partial charge in [-0.3, -0.25) is 5.32 Å². The summed E-state index contributed by atoms with van der Waals surface area (Å²) in [6, 6.07) is 5.09. The molecule has 0 saturated carbocycles. The van der Waals surface area contributed by atoms with Gasteiger partial charge < -0.3 is 9.57 Å². The van der Waals surface area contributed by atoms with Gasteiger partial charge in [-0.2, -0.15) is 0 Å². The van der Waals surface area contributed by atoms with E-state index < -0.39 is 6.09 Å². The molecule has 2 heterocycles. The van der Waals surface area contributed by atoms with E-state index in [0.29, 0.717) is 29.5 Å². The molecule has 0 unspecified atom stereocenters. The summed E-state index contributed by atoms with van der Waals surface area (Å²) in [5.41, 5.74) is 1.74. The summed E-state index contributed by atoms with van der Waals surface area (Å²) in [5, 5.41) is 18.2. The van der Waals surface area contributed by atoms with Gasteiger partial charge in [-0.25, -0.2) is 14.5 Å². The lowest BCUT2D eigenvalue weighted by molar-refractivity contribution is 0.128. The number of aromatic nitrogens is 5. The summed E-state index contributed by atoms with van der Waals surface area (Å²) in [6.45, 7) is 5.72. The Labute approximate surface area is 180 Å². The Morgan fingerprint density at radius 3 is 2.97 bits per heavy atom. The van der Waals surface area contributed by atoms with Crippen LogP contribution in [0.2, 0.25) is 0 Å². The fourth-order valence-electron chi connectivity index (χ4n) is 2.27. The average Bonchev–Trinajstić information content (AvgIpc) is 3.18. The number of nitrogens with one attached hydrogen (secondary N) is 1. The number of anilines is 1. The fraction of sp³-hybridized carbons (Fsp3) is 0.238. The van der Waals surface area contributed by atoms with Gasteiger partial charge in [0.15, 0.2) is 12.3 Å². The molecule has 0 saturated heterocycles. The topological polar surface area (TPSA) is 116 Å². The van der Waals surface area contributed by atoms with E-state index >= 15 is 0 Å². The lowest BCUT2D eigenvalue weighted by Gasteiger charge is -2.08. The molecule has 2 rings (SSSR count). The maximum absolute atomic E-state index is 11.7. The Morgan fingerprint density at radius 2 is 2.29 bits per heavy atom. The largest absolute Gasteiger partial charge is 0.448 e. The molecule has 0 aromatic carbocycles. The summed E-state index contributed by atoms with van der Waals surface area (Å²) < 4.78 is 6.42. The molecule has 0 atom stereocenters. The maximum atomic E-state index is 11.7. The predicted molar refractivity (Wildman–Crippen MR) is 116 cm³/mol. The van der Waals surface area contributed by atoms with Crippen molar-refractivity contribution in [1.82, 2.24) is 25.2 Å². The van der Waals surface area contributed by atoms with Crippen molar-refractivity contribution in [2.75, 3.05) is 11.9 Å². The number of aryl methyl sites for hydroxylation is 1. The van der Waals surface area contributed by atoms with E-state index in [-0.39, 0.29) is 13.2 Å². The molecule has 0 spiro atoms. The predicted octanol–water partition coefficient (Wildman–Crippen LogP) is 2.79. The zero-order valence-electron chi connectivity index (χ0n) is 17.4. The quantitative estimate of drug-likeness (QED) is 0.206. The molecule has 0 aliphatic heterocycles. The van der Waals surface area contributed by atoms with E-state index in [4.69, 9.17) is 16.0 Å². The molecular weight excluding hydrogens is 398 g/mol. The first kappa shape index (κ1) is 23.0. The Hall–Kier alpha value is -4.26. The van der Waals surface area contributed by atoms with Gasteiger partial charge in [-0.05, 0) is 29.5 Å². The number of oxime groups is 1. The van der Waals surface area contributed by atoms with Gasteiger partial charge in [0.25, 0.3) is 0 Å². The Kier molecular flexibility index (Phi) is 9.16. The van der Waals surface area contributed by atoms with Gasteiger partial charge in [-0.15, -0.1) is 17.4 Å². The minimum absolute atomic E-state index is 0.0542. The van der Waals surface area contributed by atoms with Crippen LogP contribution in [0.4, 0.5) is 10.6 Å². The number of nitrogens with zero attached hydrogens (tertiary/aromatic N) is 6. The van der Waals surface area contributed by atoms with Gasteiger partial charge >= 0.3 is 6.09 Å². The van der Waals surface area contributed by atoms with Gasteiger partial charge in [0.1, 0.15) is 12.4 Å². The second kappa shape index (κ2) is 12.3. The van der Waals surface area contributed by atoms with Crippen molar-refractivity contribution in [3.63, 3.8) is 0 Å². The fourth-order valence-corrected chi connectivity index (χ4v) is 2.27. The van der Waals surface area contributed by atoms with Crippen LogP contribution < -0.4 is 5.32 Å². The molecule has 0 fully saturated rings. The van der Waals surface area contributed by atoms with Crippen LogP contribution in [0.25, 0.3) is 0 Å². The highest BCUT2D eigenvalue weighted by Gasteiger charge is 2.15. The van der Waals surface area contributed by atoms with Crippen LogP contribution in [0.15, 0.2) is 59.8 Å². The Balaban J connectivity index is 2.11. The van der Waals surface area contributed by atoms with Crippen LogP contribution in [0.1, 0.15) is 24.9 Å². The zero-order chi connectivity index (χ0) is 22.5. The second-order valence-corrected chi connectivity index (χ2v) is 5.91. The minimum Gasteiger partial charge on any atom is -0.448 e. The molecule has 160 valence electrons. The first-order chi connectivity index (χ1) is 15.1. The molecule has 0 bridgehead atoms. The first-order valence-corrected chi connectivity index (χ1v) is 9.30. The van der Waals surface area contributed by atoms with Gasteiger partial charge in [0.05, 0.1) is 5.69 Å². The van der Waals surface area contributed by atoms with Crippen LogP contribution in [0, 0.1) is 12.3 Å². The van der Waals surface area contributed by atoms with Crippen LogP contribution in [0.5, 0.6) is 0 Å². The summed E-state index contributed by atoms with van der Waals surface area (Å²) in [6.07, 6.45) is 11.9. The summed E-state index contributed by atoms with van der Waals surface area (Å²) in [7, 11) is 1.70. The van der Waals surface area contributed by atoms with Gasteiger partial charge in [-0.1, -0.05) is 42.1 Å². The minimum atomic E-state index is -0.636. The molecule has 2 aromatic heterocycles. The van der Waals surface area contributed by atoms with E-state index in [1.807, 2.05) is 19.1 Å². The number of amides is 1. The van der Waals surface area contributed by atoms with E-state index in [2.05, 4.69) is 43.5 Å². The number of hydrogen-bond donors (Lipinski definition) is 1.